The van der Waals surface area contributed by atoms with E-state index in [4.69, 9.17) is 5.14 Å². The number of aromatic nitrogens is 3. The van der Waals surface area contributed by atoms with Crippen molar-refractivity contribution < 1.29 is 8.42 Å². The van der Waals surface area contributed by atoms with Crippen molar-refractivity contribution in [3.63, 3.8) is 0 Å². The second-order valence-corrected chi connectivity index (χ2v) is 6.47. The van der Waals surface area contributed by atoms with E-state index in [1.165, 1.54) is 18.1 Å². The van der Waals surface area contributed by atoms with Crippen molar-refractivity contribution in [2.45, 2.75) is 11.9 Å². The Morgan fingerprint density at radius 1 is 1.47 bits per heavy atom. The number of nitrogens with two attached hydrogens (primary N) is 1. The maximum absolute atomic E-state index is 10.8. The van der Waals surface area contributed by atoms with Crippen LogP contribution in [0.25, 0.3) is 5.65 Å². The van der Waals surface area contributed by atoms with Crippen LogP contribution in [0.3, 0.4) is 0 Å². The number of thioether (sulfide) groups is 1. The van der Waals surface area contributed by atoms with Gasteiger partial charge in [0.25, 0.3) is 0 Å². The van der Waals surface area contributed by atoms with E-state index in [0.717, 1.165) is 16.2 Å². The largest absolute Gasteiger partial charge is 0.229 e. The highest BCUT2D eigenvalue weighted by molar-refractivity contribution is 8.00. The number of hydrogen-bond acceptors (Lipinski definition) is 5. The van der Waals surface area contributed by atoms with Crippen LogP contribution in [0.1, 0.15) is 5.56 Å². The van der Waals surface area contributed by atoms with Crippen LogP contribution in [0.2, 0.25) is 0 Å². The molecule has 2 aromatic rings. The second-order valence-electron chi connectivity index (χ2n) is 3.62. The lowest BCUT2D eigenvalue weighted by atomic mass is 10.3. The van der Waals surface area contributed by atoms with Crippen LogP contribution in [-0.4, -0.2) is 34.5 Å². The molecule has 0 bridgehead atoms. The molecular weight excluding hydrogens is 260 g/mol. The normalized spacial score (nSPS) is 12.1. The van der Waals surface area contributed by atoms with Gasteiger partial charge in [0.1, 0.15) is 11.4 Å². The van der Waals surface area contributed by atoms with Crippen LogP contribution in [0.4, 0.5) is 0 Å². The summed E-state index contributed by atoms with van der Waals surface area (Å²) in [4.78, 5) is 4.09. The van der Waals surface area contributed by atoms with Gasteiger partial charge >= 0.3 is 0 Å². The molecule has 2 aromatic heterocycles. The zero-order chi connectivity index (χ0) is 12.5. The van der Waals surface area contributed by atoms with Crippen molar-refractivity contribution in [3.8, 4) is 0 Å². The third kappa shape index (κ3) is 3.18. The standard InChI is InChI=1S/C9H12N4O2S2/c1-7-4-8-11-6-12-13(8)9(5-7)16-2-3-17(10,14)15/h4-6H,2-3H2,1H3,(H2,10,14,15). The topological polar surface area (TPSA) is 90.4 Å². The fourth-order valence-corrected chi connectivity index (χ4v) is 3.39. The predicted molar refractivity (Wildman–Crippen MR) is 66.4 cm³/mol. The zero-order valence-corrected chi connectivity index (χ0v) is 10.8. The van der Waals surface area contributed by atoms with E-state index in [2.05, 4.69) is 10.1 Å². The van der Waals surface area contributed by atoms with Gasteiger partial charge < -0.3 is 0 Å². The minimum Gasteiger partial charge on any atom is -0.229 e. The Labute approximate surface area is 103 Å². The lowest BCUT2D eigenvalue weighted by molar-refractivity contribution is 0.599. The van der Waals surface area contributed by atoms with Crippen LogP contribution in [0.15, 0.2) is 23.5 Å². The van der Waals surface area contributed by atoms with Gasteiger partial charge in [0.05, 0.1) is 5.75 Å². The molecule has 0 aliphatic rings. The lowest BCUT2D eigenvalue weighted by Crippen LogP contribution is -2.17. The first kappa shape index (κ1) is 12.3. The molecule has 2 heterocycles. The molecule has 0 amide bonds. The van der Waals surface area contributed by atoms with Gasteiger partial charge in [-0.3, -0.25) is 0 Å². The Kier molecular flexibility index (Phi) is 3.36. The second kappa shape index (κ2) is 4.63. The van der Waals surface area contributed by atoms with E-state index in [-0.39, 0.29) is 5.75 Å². The van der Waals surface area contributed by atoms with E-state index in [1.54, 1.807) is 4.52 Å². The number of nitrogens with zero attached hydrogens (tertiary/aromatic N) is 3. The van der Waals surface area contributed by atoms with Crippen molar-refractivity contribution >= 4 is 27.4 Å². The molecule has 92 valence electrons. The van der Waals surface area contributed by atoms with Gasteiger partial charge in [-0.1, -0.05) is 0 Å². The number of rotatable bonds is 4. The van der Waals surface area contributed by atoms with Crippen LogP contribution < -0.4 is 5.14 Å². The quantitative estimate of drug-likeness (QED) is 0.814. The van der Waals surface area contributed by atoms with Gasteiger partial charge in [0.2, 0.25) is 10.0 Å². The van der Waals surface area contributed by atoms with Gasteiger partial charge in [0.15, 0.2) is 5.65 Å². The summed E-state index contributed by atoms with van der Waals surface area (Å²) in [7, 11) is -3.41. The number of aryl methyl sites for hydroxylation is 1. The molecule has 0 aliphatic carbocycles. The molecular formula is C9H12N4O2S2. The van der Waals surface area contributed by atoms with Crippen molar-refractivity contribution in [2.75, 3.05) is 11.5 Å². The van der Waals surface area contributed by atoms with Crippen LogP contribution >= 0.6 is 11.8 Å². The summed E-state index contributed by atoms with van der Waals surface area (Å²) in [5.74, 6) is 0.346. The first-order valence-corrected chi connectivity index (χ1v) is 7.59. The Hall–Kier alpha value is -1.12. The van der Waals surface area contributed by atoms with Gasteiger partial charge in [-0.2, -0.15) is 5.10 Å². The minimum absolute atomic E-state index is 0.0538. The summed E-state index contributed by atoms with van der Waals surface area (Å²) in [6, 6.07) is 3.85. The highest BCUT2D eigenvalue weighted by Crippen LogP contribution is 2.20. The summed E-state index contributed by atoms with van der Waals surface area (Å²) in [5.41, 5.74) is 1.81. The molecule has 17 heavy (non-hydrogen) atoms. The van der Waals surface area contributed by atoms with Crippen molar-refractivity contribution in [2.24, 2.45) is 5.14 Å². The summed E-state index contributed by atoms with van der Waals surface area (Å²) >= 11 is 1.40. The fourth-order valence-electron chi connectivity index (χ4n) is 1.39. The summed E-state index contributed by atoms with van der Waals surface area (Å²) in [6.07, 6.45) is 1.47. The molecule has 0 spiro atoms. The van der Waals surface area contributed by atoms with E-state index >= 15 is 0 Å². The Morgan fingerprint density at radius 3 is 2.94 bits per heavy atom. The number of pyridine rings is 1. The van der Waals surface area contributed by atoms with Crippen molar-refractivity contribution in [1.82, 2.24) is 14.6 Å². The molecule has 0 radical (unpaired) electrons. The first-order valence-electron chi connectivity index (χ1n) is 4.89. The fraction of sp³-hybridized carbons (Fsp3) is 0.333. The molecule has 0 atom stereocenters. The zero-order valence-electron chi connectivity index (χ0n) is 9.20. The Bertz CT molecular complexity index is 635. The molecule has 0 saturated heterocycles. The SMILES string of the molecule is Cc1cc(SCCS(N)(=O)=O)n2ncnc2c1. The van der Waals surface area contributed by atoms with E-state index in [0.29, 0.717) is 5.75 Å². The molecule has 6 nitrogen and oxygen atoms in total. The molecule has 0 fully saturated rings. The van der Waals surface area contributed by atoms with Crippen LogP contribution in [-0.2, 0) is 10.0 Å². The van der Waals surface area contributed by atoms with E-state index in [1.807, 2.05) is 19.1 Å². The van der Waals surface area contributed by atoms with Crippen molar-refractivity contribution in [3.05, 3.63) is 24.0 Å². The molecule has 0 aliphatic heterocycles. The van der Waals surface area contributed by atoms with Crippen LogP contribution in [0.5, 0.6) is 0 Å². The predicted octanol–water partition coefficient (Wildman–Crippen LogP) is 0.418. The molecule has 2 rings (SSSR count). The summed E-state index contributed by atoms with van der Waals surface area (Å²) < 4.78 is 23.3. The molecule has 0 aromatic carbocycles. The number of hydrogen-bond donors (Lipinski definition) is 1. The molecule has 8 heteroatoms. The average molecular weight is 272 g/mol. The van der Waals surface area contributed by atoms with E-state index in [9.17, 15) is 8.42 Å². The highest BCUT2D eigenvalue weighted by Gasteiger charge is 2.07. The molecule has 2 N–H and O–H groups in total. The number of fused-ring (bicyclic) bond motifs is 1. The van der Waals surface area contributed by atoms with Crippen LogP contribution in [0, 0.1) is 6.92 Å². The maximum Gasteiger partial charge on any atom is 0.209 e. The highest BCUT2D eigenvalue weighted by atomic mass is 32.2. The number of sulfonamides is 1. The summed E-state index contributed by atoms with van der Waals surface area (Å²) in [5, 5.41) is 9.89. The third-order valence-electron chi connectivity index (χ3n) is 2.11. The van der Waals surface area contributed by atoms with E-state index < -0.39 is 10.0 Å². The van der Waals surface area contributed by atoms with Gasteiger partial charge in [-0.15, -0.1) is 11.8 Å². The molecule has 0 saturated carbocycles. The number of primary sulfonamides is 1. The summed E-state index contributed by atoms with van der Waals surface area (Å²) in [6.45, 7) is 1.96. The van der Waals surface area contributed by atoms with Crippen molar-refractivity contribution in [1.29, 1.82) is 0 Å². The molecule has 0 unspecified atom stereocenters. The lowest BCUT2D eigenvalue weighted by Gasteiger charge is -2.04. The monoisotopic (exact) mass is 272 g/mol. The average Bonchev–Trinajstić information content (AvgIpc) is 2.63. The van der Waals surface area contributed by atoms with Gasteiger partial charge in [-0.05, 0) is 24.6 Å². The smallest absolute Gasteiger partial charge is 0.209 e. The Balaban J connectivity index is 2.20. The first-order chi connectivity index (χ1) is 7.96. The third-order valence-corrected chi connectivity index (χ3v) is 4.13. The Morgan fingerprint density at radius 2 is 2.24 bits per heavy atom. The van der Waals surface area contributed by atoms with Gasteiger partial charge in [-0.25, -0.2) is 23.1 Å². The van der Waals surface area contributed by atoms with Gasteiger partial charge in [0, 0.05) is 5.75 Å². The minimum atomic E-state index is -3.41. The maximum atomic E-state index is 10.8.